The Morgan fingerprint density at radius 1 is 1.58 bits per heavy atom. The predicted molar refractivity (Wildman–Crippen MR) is 47.8 cm³/mol. The average Bonchev–Trinajstić information content (AvgIpc) is 2.58. The lowest BCUT2D eigenvalue weighted by atomic mass is 10.1. The molecule has 2 rings (SSSR count). The van der Waals surface area contributed by atoms with Crippen LogP contribution in [0.5, 0.6) is 0 Å². The lowest BCUT2D eigenvalue weighted by Crippen LogP contribution is -2.15. The van der Waals surface area contributed by atoms with Crippen molar-refractivity contribution in [2.75, 3.05) is 0 Å². The van der Waals surface area contributed by atoms with E-state index in [9.17, 15) is 0 Å². The minimum atomic E-state index is 0.395. The fraction of sp³-hybridized carbons (Fsp3) is 0.667. The predicted octanol–water partition coefficient (Wildman–Crippen LogP) is 1.01. The van der Waals surface area contributed by atoms with Crippen LogP contribution in [0.25, 0.3) is 0 Å². The topological polar surface area (TPSA) is 43.8 Å². The van der Waals surface area contributed by atoms with Crippen molar-refractivity contribution in [3.05, 3.63) is 18.2 Å². The Balaban J connectivity index is 2.16. The van der Waals surface area contributed by atoms with Crippen molar-refractivity contribution in [2.45, 2.75) is 31.2 Å². The molecule has 1 aliphatic carbocycles. The fourth-order valence-corrected chi connectivity index (χ4v) is 2.02. The summed E-state index contributed by atoms with van der Waals surface area (Å²) in [6.45, 7) is 0. The summed E-state index contributed by atoms with van der Waals surface area (Å²) >= 11 is 0. The van der Waals surface area contributed by atoms with Crippen LogP contribution in [0.15, 0.2) is 12.4 Å². The molecule has 0 saturated heterocycles. The van der Waals surface area contributed by atoms with Gasteiger partial charge in [0.05, 0.1) is 0 Å². The van der Waals surface area contributed by atoms with Crippen molar-refractivity contribution in [3.63, 3.8) is 0 Å². The molecule has 1 aromatic rings. The second-order valence-corrected chi connectivity index (χ2v) is 3.67. The SMILES string of the molecule is Cn1ccnc1[C@@H]1CC[C@H](N)C1. The van der Waals surface area contributed by atoms with Crippen molar-refractivity contribution < 1.29 is 0 Å². The first-order chi connectivity index (χ1) is 5.77. The number of nitrogens with zero attached hydrogens (tertiary/aromatic N) is 2. The number of aryl methyl sites for hydroxylation is 1. The molecular formula is C9H15N3. The molecule has 0 aromatic carbocycles. The van der Waals surface area contributed by atoms with Gasteiger partial charge < -0.3 is 10.3 Å². The van der Waals surface area contributed by atoms with Crippen LogP contribution in [0.3, 0.4) is 0 Å². The third-order valence-corrected chi connectivity index (χ3v) is 2.70. The summed E-state index contributed by atoms with van der Waals surface area (Å²) < 4.78 is 2.10. The first kappa shape index (κ1) is 7.80. The maximum Gasteiger partial charge on any atom is 0.111 e. The van der Waals surface area contributed by atoms with Gasteiger partial charge in [0.2, 0.25) is 0 Å². The highest BCUT2D eigenvalue weighted by Gasteiger charge is 2.25. The summed E-state index contributed by atoms with van der Waals surface area (Å²) in [7, 11) is 2.05. The van der Waals surface area contributed by atoms with Crippen LogP contribution in [0.2, 0.25) is 0 Å². The van der Waals surface area contributed by atoms with E-state index in [2.05, 4.69) is 9.55 Å². The Morgan fingerprint density at radius 3 is 2.92 bits per heavy atom. The number of aromatic nitrogens is 2. The Hall–Kier alpha value is -0.830. The second kappa shape index (κ2) is 2.90. The average molecular weight is 165 g/mol. The standard InChI is InChI=1S/C9H15N3/c1-12-5-4-11-9(12)7-2-3-8(10)6-7/h4-5,7-8H,2-3,6,10H2,1H3/t7-,8+/m1/s1. The van der Waals surface area contributed by atoms with E-state index < -0.39 is 0 Å². The van der Waals surface area contributed by atoms with Gasteiger partial charge in [-0.2, -0.15) is 0 Å². The van der Waals surface area contributed by atoms with Gasteiger partial charge in [0.25, 0.3) is 0 Å². The summed E-state index contributed by atoms with van der Waals surface area (Å²) in [5, 5.41) is 0. The molecule has 3 heteroatoms. The van der Waals surface area contributed by atoms with Gasteiger partial charge >= 0.3 is 0 Å². The van der Waals surface area contributed by atoms with E-state index in [1.807, 2.05) is 19.4 Å². The molecule has 1 aliphatic rings. The van der Waals surface area contributed by atoms with Crippen molar-refractivity contribution >= 4 is 0 Å². The van der Waals surface area contributed by atoms with E-state index in [0.29, 0.717) is 12.0 Å². The van der Waals surface area contributed by atoms with E-state index in [4.69, 9.17) is 5.73 Å². The molecule has 0 aliphatic heterocycles. The molecule has 0 unspecified atom stereocenters. The molecule has 12 heavy (non-hydrogen) atoms. The number of imidazole rings is 1. The van der Waals surface area contributed by atoms with Gasteiger partial charge in [-0.25, -0.2) is 4.98 Å². The largest absolute Gasteiger partial charge is 0.338 e. The van der Waals surface area contributed by atoms with Gasteiger partial charge in [0.15, 0.2) is 0 Å². The quantitative estimate of drug-likeness (QED) is 0.675. The molecule has 0 amide bonds. The van der Waals surface area contributed by atoms with Crippen LogP contribution in [0, 0.1) is 0 Å². The number of nitrogens with two attached hydrogens (primary N) is 1. The van der Waals surface area contributed by atoms with E-state index >= 15 is 0 Å². The van der Waals surface area contributed by atoms with Gasteiger partial charge in [0.1, 0.15) is 5.82 Å². The highest BCUT2D eigenvalue weighted by Crippen LogP contribution is 2.31. The second-order valence-electron chi connectivity index (χ2n) is 3.67. The maximum absolute atomic E-state index is 5.84. The van der Waals surface area contributed by atoms with E-state index in [1.165, 1.54) is 12.2 Å². The zero-order chi connectivity index (χ0) is 8.55. The van der Waals surface area contributed by atoms with Crippen LogP contribution in [0.1, 0.15) is 31.0 Å². The van der Waals surface area contributed by atoms with Crippen LogP contribution in [0.4, 0.5) is 0 Å². The van der Waals surface area contributed by atoms with Crippen LogP contribution >= 0.6 is 0 Å². The van der Waals surface area contributed by atoms with E-state index in [-0.39, 0.29) is 0 Å². The van der Waals surface area contributed by atoms with E-state index in [1.54, 1.807) is 0 Å². The number of hydrogen-bond donors (Lipinski definition) is 1. The van der Waals surface area contributed by atoms with Gasteiger partial charge in [-0.15, -0.1) is 0 Å². The lowest BCUT2D eigenvalue weighted by molar-refractivity contribution is 0.616. The smallest absolute Gasteiger partial charge is 0.111 e. The first-order valence-electron chi connectivity index (χ1n) is 4.50. The van der Waals surface area contributed by atoms with Crippen molar-refractivity contribution in [1.29, 1.82) is 0 Å². The van der Waals surface area contributed by atoms with Crippen LogP contribution in [-0.2, 0) is 7.05 Å². The van der Waals surface area contributed by atoms with Crippen molar-refractivity contribution in [3.8, 4) is 0 Å². The zero-order valence-corrected chi connectivity index (χ0v) is 7.40. The minimum absolute atomic E-state index is 0.395. The molecular weight excluding hydrogens is 150 g/mol. The van der Waals surface area contributed by atoms with Gasteiger partial charge in [-0.3, -0.25) is 0 Å². The zero-order valence-electron chi connectivity index (χ0n) is 7.40. The Bertz CT molecular complexity index is 266. The molecule has 66 valence electrons. The summed E-state index contributed by atoms with van der Waals surface area (Å²) in [6.07, 6.45) is 7.31. The lowest BCUT2D eigenvalue weighted by Gasteiger charge is -2.08. The molecule has 1 saturated carbocycles. The fourth-order valence-electron chi connectivity index (χ4n) is 2.02. The highest BCUT2D eigenvalue weighted by molar-refractivity contribution is 5.03. The van der Waals surface area contributed by atoms with Crippen molar-refractivity contribution in [2.24, 2.45) is 12.8 Å². The third kappa shape index (κ3) is 1.25. The Kier molecular flexibility index (Phi) is 1.89. The maximum atomic E-state index is 5.84. The molecule has 1 heterocycles. The number of hydrogen-bond acceptors (Lipinski definition) is 2. The van der Waals surface area contributed by atoms with Crippen LogP contribution < -0.4 is 5.73 Å². The molecule has 1 fully saturated rings. The Morgan fingerprint density at radius 2 is 2.42 bits per heavy atom. The van der Waals surface area contributed by atoms with Crippen LogP contribution in [-0.4, -0.2) is 15.6 Å². The van der Waals surface area contributed by atoms with Crippen molar-refractivity contribution in [1.82, 2.24) is 9.55 Å². The molecule has 2 N–H and O–H groups in total. The summed E-state index contributed by atoms with van der Waals surface area (Å²) in [5.41, 5.74) is 5.84. The minimum Gasteiger partial charge on any atom is -0.338 e. The first-order valence-corrected chi connectivity index (χ1v) is 4.50. The molecule has 0 radical (unpaired) electrons. The number of rotatable bonds is 1. The normalized spacial score (nSPS) is 29.5. The molecule has 1 aromatic heterocycles. The monoisotopic (exact) mass is 165 g/mol. The summed E-state index contributed by atoms with van der Waals surface area (Å²) in [4.78, 5) is 4.34. The third-order valence-electron chi connectivity index (χ3n) is 2.70. The molecule has 0 spiro atoms. The Labute approximate surface area is 72.6 Å². The summed E-state index contributed by atoms with van der Waals surface area (Å²) in [5.74, 6) is 1.79. The van der Waals surface area contributed by atoms with Gasteiger partial charge in [-0.1, -0.05) is 0 Å². The van der Waals surface area contributed by atoms with Gasteiger partial charge in [-0.05, 0) is 19.3 Å². The summed E-state index contributed by atoms with van der Waals surface area (Å²) in [6, 6.07) is 0.395. The highest BCUT2D eigenvalue weighted by atomic mass is 15.0. The molecule has 3 nitrogen and oxygen atoms in total. The van der Waals surface area contributed by atoms with E-state index in [0.717, 1.165) is 12.8 Å². The van der Waals surface area contributed by atoms with Gasteiger partial charge in [0, 0.05) is 31.4 Å². The molecule has 0 bridgehead atoms. The molecule has 2 atom stereocenters.